The van der Waals surface area contributed by atoms with Gasteiger partial charge in [-0.1, -0.05) is 31.5 Å². The Hall–Kier alpha value is -1.88. The second-order valence-corrected chi connectivity index (χ2v) is 7.29. The highest BCUT2D eigenvalue weighted by atomic mass is 16.6. The molecule has 0 radical (unpaired) electrons. The third kappa shape index (κ3) is 8.00. The summed E-state index contributed by atoms with van der Waals surface area (Å²) < 4.78 is 10.6. The standard InChI is InChI=1S/C21H33NO4/c1-14(2)9-11-25-18(6)21(24)26-10-7-8-19(23)22-20-16(4)12-15(3)13-17(20)5/h12-14,18H,7-11H2,1-6H3,(H,22,23). The van der Waals surface area contributed by atoms with E-state index >= 15 is 0 Å². The topological polar surface area (TPSA) is 64.6 Å². The van der Waals surface area contributed by atoms with Crippen molar-refractivity contribution < 1.29 is 19.1 Å². The highest BCUT2D eigenvalue weighted by molar-refractivity contribution is 5.92. The fourth-order valence-corrected chi connectivity index (χ4v) is 2.65. The van der Waals surface area contributed by atoms with Gasteiger partial charge in [0.05, 0.1) is 6.61 Å². The van der Waals surface area contributed by atoms with Crippen LogP contribution in [-0.4, -0.2) is 31.2 Å². The van der Waals surface area contributed by atoms with Crippen LogP contribution in [0.5, 0.6) is 0 Å². The predicted molar refractivity (Wildman–Crippen MR) is 104 cm³/mol. The SMILES string of the molecule is Cc1cc(C)c(NC(=O)CCCOC(=O)C(C)OCCC(C)C)c(C)c1. The number of nitrogens with one attached hydrogen (secondary N) is 1. The summed E-state index contributed by atoms with van der Waals surface area (Å²) >= 11 is 0. The summed E-state index contributed by atoms with van der Waals surface area (Å²) in [6.45, 7) is 12.7. The average Bonchev–Trinajstić information content (AvgIpc) is 2.54. The number of esters is 1. The number of benzene rings is 1. The lowest BCUT2D eigenvalue weighted by atomic mass is 10.0. The lowest BCUT2D eigenvalue weighted by Gasteiger charge is -2.14. The largest absolute Gasteiger partial charge is 0.464 e. The lowest BCUT2D eigenvalue weighted by molar-refractivity contribution is -0.156. The molecule has 1 amide bonds. The normalized spacial score (nSPS) is 12.1. The first-order valence-corrected chi connectivity index (χ1v) is 9.36. The number of carbonyl (C=O) groups excluding carboxylic acids is 2. The molecule has 146 valence electrons. The predicted octanol–water partition coefficient (Wildman–Crippen LogP) is 4.32. The second kappa shape index (κ2) is 11.0. The van der Waals surface area contributed by atoms with Crippen LogP contribution in [0.25, 0.3) is 0 Å². The molecule has 1 rings (SSSR count). The van der Waals surface area contributed by atoms with Crippen molar-refractivity contribution in [3.63, 3.8) is 0 Å². The molecule has 0 fully saturated rings. The van der Waals surface area contributed by atoms with Crippen LogP contribution in [0, 0.1) is 26.7 Å². The van der Waals surface area contributed by atoms with Gasteiger partial charge in [-0.25, -0.2) is 4.79 Å². The van der Waals surface area contributed by atoms with Gasteiger partial charge < -0.3 is 14.8 Å². The first-order chi connectivity index (χ1) is 12.2. The summed E-state index contributed by atoms with van der Waals surface area (Å²) in [6.07, 6.45) is 1.14. The third-order valence-corrected chi connectivity index (χ3v) is 4.13. The number of amides is 1. The number of anilines is 1. The molecule has 1 N–H and O–H groups in total. The summed E-state index contributed by atoms with van der Waals surface area (Å²) in [5.41, 5.74) is 4.14. The molecule has 0 saturated heterocycles. The molecule has 0 saturated carbocycles. The molecule has 0 aliphatic rings. The van der Waals surface area contributed by atoms with Crippen LogP contribution in [0.2, 0.25) is 0 Å². The molecule has 1 unspecified atom stereocenters. The van der Waals surface area contributed by atoms with Crippen molar-refractivity contribution in [3.05, 3.63) is 28.8 Å². The van der Waals surface area contributed by atoms with Crippen LogP contribution < -0.4 is 5.32 Å². The monoisotopic (exact) mass is 363 g/mol. The Balaban J connectivity index is 2.29. The van der Waals surface area contributed by atoms with Gasteiger partial charge in [-0.2, -0.15) is 0 Å². The number of hydrogen-bond donors (Lipinski definition) is 1. The summed E-state index contributed by atoms with van der Waals surface area (Å²) in [5, 5.41) is 2.95. The molecule has 0 aliphatic carbocycles. The quantitative estimate of drug-likeness (QED) is 0.496. The Morgan fingerprint density at radius 1 is 1.04 bits per heavy atom. The highest BCUT2D eigenvalue weighted by Gasteiger charge is 2.15. The summed E-state index contributed by atoms with van der Waals surface area (Å²) in [7, 11) is 0. The van der Waals surface area contributed by atoms with E-state index in [-0.39, 0.29) is 18.5 Å². The number of ether oxygens (including phenoxy) is 2. The van der Waals surface area contributed by atoms with Crippen LogP contribution in [0.3, 0.4) is 0 Å². The van der Waals surface area contributed by atoms with E-state index in [0.29, 0.717) is 25.4 Å². The van der Waals surface area contributed by atoms with Crippen molar-refractivity contribution in [1.82, 2.24) is 0 Å². The van der Waals surface area contributed by atoms with E-state index in [0.717, 1.165) is 23.2 Å². The lowest BCUT2D eigenvalue weighted by Crippen LogP contribution is -2.25. The minimum Gasteiger partial charge on any atom is -0.464 e. The Bertz CT molecular complexity index is 587. The number of carbonyl (C=O) groups is 2. The van der Waals surface area contributed by atoms with Gasteiger partial charge in [0.25, 0.3) is 0 Å². The van der Waals surface area contributed by atoms with E-state index in [1.807, 2.05) is 32.9 Å². The van der Waals surface area contributed by atoms with Crippen LogP contribution in [0.4, 0.5) is 5.69 Å². The molecule has 0 aliphatic heterocycles. The van der Waals surface area contributed by atoms with Gasteiger partial charge in [0, 0.05) is 18.7 Å². The van der Waals surface area contributed by atoms with Crippen LogP contribution in [0.1, 0.15) is 56.7 Å². The summed E-state index contributed by atoms with van der Waals surface area (Å²) in [5.74, 6) is 0.0919. The van der Waals surface area contributed by atoms with Gasteiger partial charge in [0.15, 0.2) is 6.10 Å². The summed E-state index contributed by atoms with van der Waals surface area (Å²) in [6, 6.07) is 4.09. The molecule has 0 bridgehead atoms. The van der Waals surface area contributed by atoms with E-state index in [4.69, 9.17) is 9.47 Å². The Morgan fingerprint density at radius 2 is 1.65 bits per heavy atom. The second-order valence-electron chi connectivity index (χ2n) is 7.29. The van der Waals surface area contributed by atoms with E-state index < -0.39 is 6.10 Å². The zero-order valence-corrected chi connectivity index (χ0v) is 17.0. The smallest absolute Gasteiger partial charge is 0.334 e. The Kier molecular flexibility index (Phi) is 9.35. The van der Waals surface area contributed by atoms with Gasteiger partial charge in [-0.05, 0) is 57.6 Å². The Labute approximate surface area is 157 Å². The molecule has 0 heterocycles. The number of aryl methyl sites for hydroxylation is 3. The molecule has 1 aromatic rings. The van der Waals surface area contributed by atoms with E-state index in [1.54, 1.807) is 6.92 Å². The Morgan fingerprint density at radius 3 is 2.23 bits per heavy atom. The fraction of sp³-hybridized carbons (Fsp3) is 0.619. The van der Waals surface area contributed by atoms with Crippen LogP contribution in [-0.2, 0) is 19.1 Å². The highest BCUT2D eigenvalue weighted by Crippen LogP contribution is 2.22. The molecule has 0 aromatic heterocycles. The van der Waals surface area contributed by atoms with Crippen molar-refractivity contribution >= 4 is 17.6 Å². The zero-order valence-electron chi connectivity index (χ0n) is 17.0. The van der Waals surface area contributed by atoms with Gasteiger partial charge >= 0.3 is 5.97 Å². The fourth-order valence-electron chi connectivity index (χ4n) is 2.65. The molecule has 5 heteroatoms. The van der Waals surface area contributed by atoms with Crippen molar-refractivity contribution in [2.45, 2.75) is 66.9 Å². The molecule has 5 nitrogen and oxygen atoms in total. The average molecular weight is 363 g/mol. The maximum atomic E-state index is 12.1. The number of rotatable bonds is 10. The van der Waals surface area contributed by atoms with E-state index in [1.165, 1.54) is 5.56 Å². The van der Waals surface area contributed by atoms with Crippen molar-refractivity contribution in [3.8, 4) is 0 Å². The molecule has 26 heavy (non-hydrogen) atoms. The molecular weight excluding hydrogens is 330 g/mol. The van der Waals surface area contributed by atoms with Crippen molar-refractivity contribution in [2.75, 3.05) is 18.5 Å². The van der Waals surface area contributed by atoms with Gasteiger partial charge in [-0.15, -0.1) is 0 Å². The van der Waals surface area contributed by atoms with E-state index in [9.17, 15) is 9.59 Å². The maximum Gasteiger partial charge on any atom is 0.334 e. The van der Waals surface area contributed by atoms with Gasteiger partial charge in [0.2, 0.25) is 5.91 Å². The van der Waals surface area contributed by atoms with Gasteiger partial charge in [0.1, 0.15) is 0 Å². The third-order valence-electron chi connectivity index (χ3n) is 4.13. The molecule has 0 spiro atoms. The van der Waals surface area contributed by atoms with Crippen molar-refractivity contribution in [2.24, 2.45) is 5.92 Å². The first-order valence-electron chi connectivity index (χ1n) is 9.36. The summed E-state index contributed by atoms with van der Waals surface area (Å²) in [4.78, 5) is 23.9. The zero-order chi connectivity index (χ0) is 19.7. The maximum absolute atomic E-state index is 12.1. The molecular formula is C21H33NO4. The minimum atomic E-state index is -0.569. The van der Waals surface area contributed by atoms with Gasteiger partial charge in [-0.3, -0.25) is 4.79 Å². The molecule has 1 aromatic carbocycles. The first kappa shape index (κ1) is 22.2. The number of hydrogen-bond acceptors (Lipinski definition) is 4. The van der Waals surface area contributed by atoms with Crippen LogP contribution in [0.15, 0.2) is 12.1 Å². The van der Waals surface area contributed by atoms with Crippen molar-refractivity contribution in [1.29, 1.82) is 0 Å². The van der Waals surface area contributed by atoms with E-state index in [2.05, 4.69) is 19.2 Å². The minimum absolute atomic E-state index is 0.0719. The van der Waals surface area contributed by atoms with Crippen LogP contribution >= 0.6 is 0 Å². The molecule has 1 atom stereocenters.